The summed E-state index contributed by atoms with van der Waals surface area (Å²) in [5, 5.41) is 0. The number of hydrogen-bond acceptors (Lipinski definition) is 2. The molecule has 0 bridgehead atoms. The highest BCUT2D eigenvalue weighted by atomic mass is 16.5. The molecule has 0 saturated heterocycles. The smallest absolute Gasteiger partial charge is 0.118 e. The first-order valence-corrected chi connectivity index (χ1v) is 3.52. The zero-order chi connectivity index (χ0) is 8.10. The maximum Gasteiger partial charge on any atom is 0.118 e. The van der Waals surface area contributed by atoms with E-state index in [1.165, 1.54) is 0 Å². The van der Waals surface area contributed by atoms with Crippen molar-refractivity contribution in [2.75, 3.05) is 14.2 Å². The van der Waals surface area contributed by atoms with Gasteiger partial charge in [-0.25, -0.2) is 0 Å². The van der Waals surface area contributed by atoms with Crippen LogP contribution in [0.2, 0.25) is 0 Å². The molecule has 1 aliphatic rings. The van der Waals surface area contributed by atoms with Crippen LogP contribution < -0.4 is 0 Å². The minimum absolute atomic E-state index is 0.833. The molecule has 0 aromatic rings. The molecule has 0 aromatic heterocycles. The van der Waals surface area contributed by atoms with E-state index in [4.69, 9.17) is 9.47 Å². The van der Waals surface area contributed by atoms with Crippen molar-refractivity contribution in [2.45, 2.75) is 6.42 Å². The molecule has 11 heavy (non-hydrogen) atoms. The summed E-state index contributed by atoms with van der Waals surface area (Å²) >= 11 is 0. The zero-order valence-electron chi connectivity index (χ0n) is 6.83. The van der Waals surface area contributed by atoms with E-state index in [1.54, 1.807) is 14.2 Å². The van der Waals surface area contributed by atoms with Crippen LogP contribution in [0.15, 0.2) is 35.8 Å². The van der Waals surface area contributed by atoms with Crippen molar-refractivity contribution in [1.82, 2.24) is 0 Å². The highest BCUT2D eigenvalue weighted by molar-refractivity contribution is 5.24. The minimum Gasteiger partial charge on any atom is -0.501 e. The second kappa shape index (κ2) is 3.86. The van der Waals surface area contributed by atoms with E-state index < -0.39 is 0 Å². The van der Waals surface area contributed by atoms with Crippen molar-refractivity contribution in [1.29, 1.82) is 0 Å². The van der Waals surface area contributed by atoms with Gasteiger partial charge in [0, 0.05) is 6.42 Å². The van der Waals surface area contributed by atoms with Gasteiger partial charge in [-0.15, -0.1) is 0 Å². The Hall–Kier alpha value is -1.18. The molecule has 0 aliphatic heterocycles. The summed E-state index contributed by atoms with van der Waals surface area (Å²) in [4.78, 5) is 0. The zero-order valence-corrected chi connectivity index (χ0v) is 6.83. The Labute approximate surface area is 66.8 Å². The van der Waals surface area contributed by atoms with Crippen LogP contribution in [0.3, 0.4) is 0 Å². The van der Waals surface area contributed by atoms with Crippen molar-refractivity contribution >= 4 is 0 Å². The molecule has 0 spiro atoms. The summed E-state index contributed by atoms with van der Waals surface area (Å²) in [6, 6.07) is 0. The first-order chi connectivity index (χ1) is 5.36. The van der Waals surface area contributed by atoms with Gasteiger partial charge in [0.25, 0.3) is 0 Å². The summed E-state index contributed by atoms with van der Waals surface area (Å²) < 4.78 is 10.1. The number of rotatable bonds is 2. The van der Waals surface area contributed by atoms with Crippen molar-refractivity contribution in [3.05, 3.63) is 35.8 Å². The Morgan fingerprint density at radius 2 is 2.00 bits per heavy atom. The third-order valence-corrected chi connectivity index (χ3v) is 1.53. The molecule has 0 atom stereocenters. The van der Waals surface area contributed by atoms with Crippen LogP contribution in [0.5, 0.6) is 0 Å². The molecule has 0 fully saturated rings. The van der Waals surface area contributed by atoms with Crippen LogP contribution in [0.4, 0.5) is 0 Å². The second-order valence-electron chi connectivity index (χ2n) is 2.22. The molecule has 60 valence electrons. The fourth-order valence-electron chi connectivity index (χ4n) is 0.877. The summed E-state index contributed by atoms with van der Waals surface area (Å²) in [5.41, 5.74) is 0. The molecule has 0 aromatic carbocycles. The van der Waals surface area contributed by atoms with E-state index in [9.17, 15) is 0 Å². The van der Waals surface area contributed by atoms with Crippen molar-refractivity contribution in [3.8, 4) is 0 Å². The van der Waals surface area contributed by atoms with E-state index in [1.807, 2.05) is 24.3 Å². The van der Waals surface area contributed by atoms with Gasteiger partial charge in [-0.2, -0.15) is 0 Å². The summed E-state index contributed by atoms with van der Waals surface area (Å²) in [5.74, 6) is 1.81. The average Bonchev–Trinajstić information content (AvgIpc) is 2.28. The predicted octanol–water partition coefficient (Wildman–Crippen LogP) is 2.01. The normalized spacial score (nSPS) is 16.5. The molecule has 0 radical (unpaired) electrons. The highest BCUT2D eigenvalue weighted by Gasteiger charge is 1.96. The van der Waals surface area contributed by atoms with Gasteiger partial charge >= 0.3 is 0 Å². The maximum atomic E-state index is 5.07. The lowest BCUT2D eigenvalue weighted by Gasteiger charge is -1.98. The Balaban J connectivity index is 2.72. The van der Waals surface area contributed by atoms with Crippen molar-refractivity contribution < 1.29 is 9.47 Å². The fourth-order valence-corrected chi connectivity index (χ4v) is 0.877. The standard InChI is InChI=1S/C9H12O2/c1-10-8-4-3-5-9(11-2)7-6-8/h3-4,6-7H,5H2,1-2H3. The Bertz CT molecular complexity index is 212. The van der Waals surface area contributed by atoms with Crippen LogP contribution >= 0.6 is 0 Å². The predicted molar refractivity (Wildman–Crippen MR) is 43.9 cm³/mol. The Morgan fingerprint density at radius 3 is 2.64 bits per heavy atom. The molecule has 0 heterocycles. The van der Waals surface area contributed by atoms with Crippen molar-refractivity contribution in [2.24, 2.45) is 0 Å². The van der Waals surface area contributed by atoms with Crippen molar-refractivity contribution in [3.63, 3.8) is 0 Å². The lowest BCUT2D eigenvalue weighted by Crippen LogP contribution is -1.81. The van der Waals surface area contributed by atoms with Crippen LogP contribution in [-0.4, -0.2) is 14.2 Å². The molecule has 0 amide bonds. The highest BCUT2D eigenvalue weighted by Crippen LogP contribution is 2.11. The quantitative estimate of drug-likeness (QED) is 0.602. The summed E-state index contributed by atoms with van der Waals surface area (Å²) in [6.07, 6.45) is 8.58. The van der Waals surface area contributed by atoms with Gasteiger partial charge in [-0.05, 0) is 18.2 Å². The van der Waals surface area contributed by atoms with E-state index in [0.717, 1.165) is 17.9 Å². The molecular weight excluding hydrogens is 140 g/mol. The van der Waals surface area contributed by atoms with Gasteiger partial charge < -0.3 is 9.47 Å². The van der Waals surface area contributed by atoms with E-state index in [2.05, 4.69) is 0 Å². The third-order valence-electron chi connectivity index (χ3n) is 1.53. The monoisotopic (exact) mass is 152 g/mol. The molecule has 1 rings (SSSR count). The topological polar surface area (TPSA) is 18.5 Å². The SMILES string of the molecule is COC1=CC=C(OC)CC=C1. The number of hydrogen-bond donors (Lipinski definition) is 0. The molecule has 2 nitrogen and oxygen atoms in total. The molecule has 0 N–H and O–H groups in total. The van der Waals surface area contributed by atoms with Gasteiger partial charge in [0.15, 0.2) is 0 Å². The van der Waals surface area contributed by atoms with Gasteiger partial charge in [-0.3, -0.25) is 0 Å². The molecule has 0 unspecified atom stereocenters. The molecule has 2 heteroatoms. The van der Waals surface area contributed by atoms with Crippen LogP contribution in [0.25, 0.3) is 0 Å². The Morgan fingerprint density at radius 1 is 1.18 bits per heavy atom. The average molecular weight is 152 g/mol. The van der Waals surface area contributed by atoms with E-state index in [0.29, 0.717) is 0 Å². The first kappa shape index (κ1) is 7.92. The van der Waals surface area contributed by atoms with Gasteiger partial charge in [-0.1, -0.05) is 6.08 Å². The van der Waals surface area contributed by atoms with Gasteiger partial charge in [0.2, 0.25) is 0 Å². The van der Waals surface area contributed by atoms with E-state index >= 15 is 0 Å². The molecule has 1 aliphatic carbocycles. The third kappa shape index (κ3) is 2.15. The fraction of sp³-hybridized carbons (Fsp3) is 0.333. The minimum atomic E-state index is 0.833. The molecule has 0 saturated carbocycles. The Kier molecular flexibility index (Phi) is 2.78. The van der Waals surface area contributed by atoms with Crippen LogP contribution in [-0.2, 0) is 9.47 Å². The number of methoxy groups -OCH3 is 2. The van der Waals surface area contributed by atoms with Crippen LogP contribution in [0, 0.1) is 0 Å². The lowest BCUT2D eigenvalue weighted by atomic mass is 10.3. The largest absolute Gasteiger partial charge is 0.501 e. The lowest BCUT2D eigenvalue weighted by molar-refractivity contribution is 0.285. The summed E-state index contributed by atoms with van der Waals surface area (Å²) in [7, 11) is 3.33. The second-order valence-corrected chi connectivity index (χ2v) is 2.22. The van der Waals surface area contributed by atoms with Gasteiger partial charge in [0.1, 0.15) is 5.76 Å². The number of ether oxygens (including phenoxy) is 2. The maximum absolute atomic E-state index is 5.07. The number of allylic oxidation sites excluding steroid dienone is 4. The van der Waals surface area contributed by atoms with E-state index in [-0.39, 0.29) is 0 Å². The first-order valence-electron chi connectivity index (χ1n) is 3.52. The molecular formula is C9H12O2. The summed E-state index contributed by atoms with van der Waals surface area (Å²) in [6.45, 7) is 0. The van der Waals surface area contributed by atoms with Crippen LogP contribution in [0.1, 0.15) is 6.42 Å². The van der Waals surface area contributed by atoms with Gasteiger partial charge in [0.05, 0.1) is 20.0 Å².